The van der Waals surface area contributed by atoms with Crippen LogP contribution >= 0.6 is 0 Å². The number of alkyl halides is 3. The van der Waals surface area contributed by atoms with E-state index in [2.05, 4.69) is 4.72 Å². The largest absolute Gasteiger partial charge is 0.471 e. The number of fused-ring (bicyclic) bond motifs is 2. The van der Waals surface area contributed by atoms with Crippen molar-refractivity contribution in [2.45, 2.75) is 43.3 Å². The number of nitrogens with one attached hydrogen (secondary N) is 1. The minimum atomic E-state index is -4.88. The first-order chi connectivity index (χ1) is 12.0. The van der Waals surface area contributed by atoms with Gasteiger partial charge in [0.1, 0.15) is 0 Å². The second kappa shape index (κ2) is 6.50. The lowest BCUT2D eigenvalue weighted by atomic mass is 9.64. The Labute approximate surface area is 149 Å². The number of rotatable bonds is 2. The predicted molar refractivity (Wildman–Crippen MR) is 86.6 cm³/mol. The van der Waals surface area contributed by atoms with Crippen LogP contribution in [-0.4, -0.2) is 43.0 Å². The normalized spacial score (nSPS) is 22.9. The molecule has 0 saturated carbocycles. The van der Waals surface area contributed by atoms with Crippen LogP contribution in [0.1, 0.15) is 42.9 Å². The van der Waals surface area contributed by atoms with E-state index in [0.717, 1.165) is 10.5 Å². The molecule has 26 heavy (non-hydrogen) atoms. The number of likely N-dealkylation sites (tertiary alicyclic amines) is 1. The molecule has 0 aromatic heterocycles. The highest BCUT2D eigenvalue weighted by atomic mass is 32.2. The summed E-state index contributed by atoms with van der Waals surface area (Å²) in [6, 6.07) is 6.56. The van der Waals surface area contributed by atoms with Gasteiger partial charge < -0.3 is 4.90 Å². The monoisotopic (exact) mass is 392 g/mol. The standard InChI is InChI=1S/C16H19F3N2O4S/c17-16(18,19)14(22)21-9-7-15(8-10-21)6-5-13(20-26(23,24)25)11-3-1-2-4-12(11)15/h1-4,13,20H,5-10H2,(H,23,24,25). The number of halogens is 3. The maximum absolute atomic E-state index is 12.6. The van der Waals surface area contributed by atoms with Crippen molar-refractivity contribution in [3.8, 4) is 0 Å². The Bertz CT molecular complexity index is 802. The van der Waals surface area contributed by atoms with E-state index in [0.29, 0.717) is 31.2 Å². The molecule has 2 N–H and O–H groups in total. The van der Waals surface area contributed by atoms with Crippen molar-refractivity contribution in [1.82, 2.24) is 9.62 Å². The number of nitrogens with zero attached hydrogens (tertiary/aromatic N) is 1. The summed E-state index contributed by atoms with van der Waals surface area (Å²) in [5.74, 6) is -1.82. The third-order valence-corrected chi connectivity index (χ3v) is 5.94. The fourth-order valence-corrected chi connectivity index (χ4v) is 4.74. The maximum Gasteiger partial charge on any atom is 0.471 e. The van der Waals surface area contributed by atoms with Crippen LogP contribution in [0.25, 0.3) is 0 Å². The summed E-state index contributed by atoms with van der Waals surface area (Å²) < 4.78 is 71.5. The molecule has 1 heterocycles. The van der Waals surface area contributed by atoms with Crippen molar-refractivity contribution in [3.05, 3.63) is 35.4 Å². The highest BCUT2D eigenvalue weighted by molar-refractivity contribution is 7.83. The van der Waals surface area contributed by atoms with Crippen LogP contribution < -0.4 is 4.72 Å². The van der Waals surface area contributed by atoms with Gasteiger partial charge in [-0.2, -0.15) is 26.3 Å². The minimum Gasteiger partial charge on any atom is -0.335 e. The van der Waals surface area contributed by atoms with E-state index < -0.39 is 33.8 Å². The van der Waals surface area contributed by atoms with Gasteiger partial charge in [0.25, 0.3) is 0 Å². The van der Waals surface area contributed by atoms with Crippen LogP contribution in [0.5, 0.6) is 0 Å². The highest BCUT2D eigenvalue weighted by Crippen LogP contribution is 2.48. The van der Waals surface area contributed by atoms with Crippen molar-refractivity contribution in [3.63, 3.8) is 0 Å². The van der Waals surface area contributed by atoms with E-state index in [1.165, 1.54) is 0 Å². The van der Waals surface area contributed by atoms with E-state index in [4.69, 9.17) is 4.55 Å². The van der Waals surface area contributed by atoms with E-state index in [-0.39, 0.29) is 13.1 Å². The van der Waals surface area contributed by atoms with E-state index in [9.17, 15) is 26.4 Å². The first kappa shape index (κ1) is 19.1. The van der Waals surface area contributed by atoms with Gasteiger partial charge in [-0.3, -0.25) is 9.35 Å². The van der Waals surface area contributed by atoms with E-state index in [1.54, 1.807) is 18.2 Å². The number of hydrogen-bond acceptors (Lipinski definition) is 3. The highest BCUT2D eigenvalue weighted by Gasteiger charge is 2.47. The zero-order valence-electron chi connectivity index (χ0n) is 13.8. The average Bonchev–Trinajstić information content (AvgIpc) is 2.56. The molecule has 2 aliphatic rings. The summed E-state index contributed by atoms with van der Waals surface area (Å²) in [6.45, 7) is 0.00609. The molecular formula is C16H19F3N2O4S. The smallest absolute Gasteiger partial charge is 0.335 e. The molecule has 1 amide bonds. The Hall–Kier alpha value is -1.65. The fraction of sp³-hybridized carbons (Fsp3) is 0.562. The van der Waals surface area contributed by atoms with Crippen molar-refractivity contribution in [2.75, 3.05) is 13.1 Å². The lowest BCUT2D eigenvalue weighted by Crippen LogP contribution is -2.51. The molecule has 10 heteroatoms. The number of benzene rings is 1. The van der Waals surface area contributed by atoms with Crippen molar-refractivity contribution in [2.24, 2.45) is 0 Å². The van der Waals surface area contributed by atoms with Gasteiger partial charge in [0.2, 0.25) is 0 Å². The summed E-state index contributed by atoms with van der Waals surface area (Å²) in [5.41, 5.74) is 1.19. The first-order valence-corrected chi connectivity index (χ1v) is 9.66. The SMILES string of the molecule is O=C(N1CCC2(CCC(NS(=O)(=O)O)c3ccccc32)CC1)C(F)(F)F. The Kier molecular flexibility index (Phi) is 4.78. The van der Waals surface area contributed by atoms with Gasteiger partial charge in [-0.15, -0.1) is 0 Å². The van der Waals surface area contributed by atoms with Crippen molar-refractivity contribution in [1.29, 1.82) is 0 Å². The lowest BCUT2D eigenvalue weighted by Gasteiger charge is -2.47. The van der Waals surface area contributed by atoms with Crippen LogP contribution in [0.3, 0.4) is 0 Å². The number of amides is 1. The molecule has 1 aromatic rings. The van der Waals surface area contributed by atoms with E-state index >= 15 is 0 Å². The fourth-order valence-electron chi connectivity index (χ4n) is 4.13. The van der Waals surface area contributed by atoms with Crippen molar-refractivity contribution < 1.29 is 30.9 Å². The molecule has 1 atom stereocenters. The molecule has 1 fully saturated rings. The second-order valence-electron chi connectivity index (χ2n) is 6.84. The number of carbonyl (C=O) groups excluding carboxylic acids is 1. The first-order valence-electron chi connectivity index (χ1n) is 8.22. The summed E-state index contributed by atoms with van der Waals surface area (Å²) in [6.07, 6.45) is -3.14. The number of piperidine rings is 1. The summed E-state index contributed by atoms with van der Waals surface area (Å²) in [5, 5.41) is 0. The van der Waals surface area contributed by atoms with Crippen LogP contribution in [-0.2, 0) is 20.5 Å². The zero-order valence-corrected chi connectivity index (χ0v) is 14.6. The van der Waals surface area contributed by atoms with Gasteiger partial charge in [0.05, 0.1) is 0 Å². The maximum atomic E-state index is 12.6. The van der Waals surface area contributed by atoms with Gasteiger partial charge >= 0.3 is 22.4 Å². The topological polar surface area (TPSA) is 86.7 Å². The molecule has 1 aliphatic carbocycles. The van der Waals surface area contributed by atoms with Crippen LogP contribution in [0, 0.1) is 0 Å². The zero-order chi connectivity index (χ0) is 19.2. The Balaban J connectivity index is 1.84. The molecule has 1 saturated heterocycles. The van der Waals surface area contributed by atoms with Gasteiger partial charge in [-0.05, 0) is 42.2 Å². The lowest BCUT2D eigenvalue weighted by molar-refractivity contribution is -0.187. The molecule has 0 bridgehead atoms. The van der Waals surface area contributed by atoms with Gasteiger partial charge in [-0.25, -0.2) is 0 Å². The van der Waals surface area contributed by atoms with Crippen LogP contribution in [0.15, 0.2) is 24.3 Å². The van der Waals surface area contributed by atoms with Gasteiger partial charge in [0.15, 0.2) is 0 Å². The van der Waals surface area contributed by atoms with E-state index in [1.807, 2.05) is 6.07 Å². The Morgan fingerprint density at radius 2 is 1.81 bits per heavy atom. The van der Waals surface area contributed by atoms with Gasteiger partial charge in [0, 0.05) is 19.1 Å². The predicted octanol–water partition coefficient (Wildman–Crippen LogP) is 2.34. The second-order valence-corrected chi connectivity index (χ2v) is 8.03. The molecule has 6 nitrogen and oxygen atoms in total. The quantitative estimate of drug-likeness (QED) is 0.757. The molecule has 3 rings (SSSR count). The molecule has 0 radical (unpaired) electrons. The third-order valence-electron chi connectivity index (χ3n) is 5.36. The third kappa shape index (κ3) is 3.72. The molecule has 1 aromatic carbocycles. The Morgan fingerprint density at radius 1 is 1.19 bits per heavy atom. The molecule has 144 valence electrons. The average molecular weight is 392 g/mol. The number of carbonyl (C=O) groups is 1. The number of hydrogen-bond donors (Lipinski definition) is 2. The summed E-state index contributed by atoms with van der Waals surface area (Å²) in [4.78, 5) is 12.3. The molecule has 1 unspecified atom stereocenters. The van der Waals surface area contributed by atoms with Gasteiger partial charge in [-0.1, -0.05) is 24.3 Å². The molecule has 1 aliphatic heterocycles. The van der Waals surface area contributed by atoms with Crippen LogP contribution in [0.4, 0.5) is 13.2 Å². The summed E-state index contributed by atoms with van der Waals surface area (Å²) in [7, 11) is -4.37. The molecular weight excluding hydrogens is 373 g/mol. The Morgan fingerprint density at radius 3 is 2.38 bits per heavy atom. The summed E-state index contributed by atoms with van der Waals surface area (Å²) >= 11 is 0. The van der Waals surface area contributed by atoms with Crippen LogP contribution in [0.2, 0.25) is 0 Å². The van der Waals surface area contributed by atoms with Crippen molar-refractivity contribution >= 4 is 16.2 Å². The molecule has 1 spiro atoms. The minimum absolute atomic E-state index is 0.00305.